The molecule has 1 aromatic heterocycles. The highest BCUT2D eigenvalue weighted by molar-refractivity contribution is 7.11. The molecule has 0 aliphatic carbocycles. The Morgan fingerprint density at radius 3 is 2.83 bits per heavy atom. The van der Waals surface area contributed by atoms with Gasteiger partial charge in [0.25, 0.3) is 5.91 Å². The van der Waals surface area contributed by atoms with Crippen molar-refractivity contribution in [1.29, 1.82) is 0 Å². The Balaban J connectivity index is 2.01. The molecule has 0 saturated heterocycles. The van der Waals surface area contributed by atoms with Crippen LogP contribution < -0.4 is 5.43 Å². The molecule has 0 atom stereocenters. The fourth-order valence-electron chi connectivity index (χ4n) is 1.52. The number of aryl methyl sites for hydroxylation is 2. The van der Waals surface area contributed by atoms with Crippen LogP contribution in [0, 0.1) is 13.8 Å². The highest BCUT2D eigenvalue weighted by atomic mass is 32.1. The van der Waals surface area contributed by atoms with E-state index in [4.69, 9.17) is 0 Å². The predicted molar refractivity (Wildman–Crippen MR) is 75.3 cm³/mol. The molecule has 0 unspecified atom stereocenters. The summed E-state index contributed by atoms with van der Waals surface area (Å²) in [6.07, 6.45) is 1.67. The number of carbonyl (C=O) groups excluding carboxylic acids is 1. The Labute approximate surface area is 110 Å². The van der Waals surface area contributed by atoms with Crippen molar-refractivity contribution in [2.24, 2.45) is 5.10 Å². The van der Waals surface area contributed by atoms with Crippen molar-refractivity contribution >= 4 is 23.5 Å². The van der Waals surface area contributed by atoms with Gasteiger partial charge in [-0.05, 0) is 43.0 Å². The van der Waals surface area contributed by atoms with Crippen LogP contribution in [-0.4, -0.2) is 12.1 Å². The largest absolute Gasteiger partial charge is 0.271 e. The van der Waals surface area contributed by atoms with Gasteiger partial charge in [-0.3, -0.25) is 4.79 Å². The number of rotatable bonds is 3. The van der Waals surface area contributed by atoms with E-state index in [-0.39, 0.29) is 5.91 Å². The lowest BCUT2D eigenvalue weighted by atomic mass is 10.1. The van der Waals surface area contributed by atoms with Crippen LogP contribution >= 0.6 is 11.3 Å². The second-order valence-electron chi connectivity index (χ2n) is 4.04. The summed E-state index contributed by atoms with van der Waals surface area (Å²) in [5.74, 6) is -0.191. The Hall–Kier alpha value is -1.94. The SMILES string of the molecule is Cc1cccc(C(=O)NN=Cc2sccc2C)c1. The Morgan fingerprint density at radius 1 is 1.33 bits per heavy atom. The van der Waals surface area contributed by atoms with Gasteiger partial charge in [0.1, 0.15) is 0 Å². The Bertz CT molecular complexity index is 587. The van der Waals surface area contributed by atoms with E-state index in [0.29, 0.717) is 5.56 Å². The smallest absolute Gasteiger partial charge is 0.267 e. The van der Waals surface area contributed by atoms with E-state index in [1.54, 1.807) is 23.6 Å². The van der Waals surface area contributed by atoms with Gasteiger partial charge in [-0.25, -0.2) is 5.43 Å². The van der Waals surface area contributed by atoms with Gasteiger partial charge in [0.2, 0.25) is 0 Å². The van der Waals surface area contributed by atoms with Crippen molar-refractivity contribution in [3.63, 3.8) is 0 Å². The summed E-state index contributed by atoms with van der Waals surface area (Å²) in [5.41, 5.74) is 5.37. The zero-order valence-electron chi connectivity index (χ0n) is 10.3. The summed E-state index contributed by atoms with van der Waals surface area (Å²) in [6, 6.07) is 9.44. The molecule has 0 bridgehead atoms. The zero-order chi connectivity index (χ0) is 13.0. The molecule has 92 valence electrons. The molecular weight excluding hydrogens is 244 g/mol. The summed E-state index contributed by atoms with van der Waals surface area (Å²) in [6.45, 7) is 3.97. The van der Waals surface area contributed by atoms with Crippen LogP contribution in [-0.2, 0) is 0 Å². The summed E-state index contributed by atoms with van der Waals surface area (Å²) in [5, 5.41) is 5.97. The van der Waals surface area contributed by atoms with Crippen molar-refractivity contribution in [1.82, 2.24) is 5.43 Å². The molecule has 0 aliphatic heterocycles. The fraction of sp³-hybridized carbons (Fsp3) is 0.143. The maximum atomic E-state index is 11.8. The Kier molecular flexibility index (Phi) is 3.89. The number of nitrogens with zero attached hydrogens (tertiary/aromatic N) is 1. The summed E-state index contributed by atoms with van der Waals surface area (Å²) in [4.78, 5) is 12.8. The lowest BCUT2D eigenvalue weighted by Crippen LogP contribution is -2.17. The molecule has 18 heavy (non-hydrogen) atoms. The van der Waals surface area contributed by atoms with E-state index in [0.717, 1.165) is 16.0 Å². The third-order valence-electron chi connectivity index (χ3n) is 2.53. The number of hydrogen-bond acceptors (Lipinski definition) is 3. The van der Waals surface area contributed by atoms with E-state index in [1.807, 2.05) is 43.5 Å². The standard InChI is InChI=1S/C14H14N2OS/c1-10-4-3-5-12(8-10)14(17)16-15-9-13-11(2)6-7-18-13/h3-9H,1-2H3,(H,16,17). The zero-order valence-corrected chi connectivity index (χ0v) is 11.1. The lowest BCUT2D eigenvalue weighted by Gasteiger charge is -2.00. The minimum atomic E-state index is -0.191. The van der Waals surface area contributed by atoms with Gasteiger partial charge in [0.15, 0.2) is 0 Å². The molecule has 0 aliphatic rings. The summed E-state index contributed by atoms with van der Waals surface area (Å²) >= 11 is 1.60. The highest BCUT2D eigenvalue weighted by Gasteiger charge is 2.03. The third-order valence-corrected chi connectivity index (χ3v) is 3.48. The van der Waals surface area contributed by atoms with Crippen LogP contribution in [0.1, 0.15) is 26.4 Å². The number of amides is 1. The number of carbonyl (C=O) groups is 1. The topological polar surface area (TPSA) is 41.5 Å². The van der Waals surface area contributed by atoms with E-state index >= 15 is 0 Å². The fourth-order valence-corrected chi connectivity index (χ4v) is 2.30. The van der Waals surface area contributed by atoms with Crippen molar-refractivity contribution < 1.29 is 4.79 Å². The number of hydrazone groups is 1. The molecule has 1 aromatic carbocycles. The van der Waals surface area contributed by atoms with Gasteiger partial charge in [-0.1, -0.05) is 17.7 Å². The predicted octanol–water partition coefficient (Wildman–Crippen LogP) is 3.13. The van der Waals surface area contributed by atoms with Crippen molar-refractivity contribution in [2.45, 2.75) is 13.8 Å². The summed E-state index contributed by atoms with van der Waals surface area (Å²) < 4.78 is 0. The average Bonchev–Trinajstić information content (AvgIpc) is 2.75. The van der Waals surface area contributed by atoms with Crippen molar-refractivity contribution in [3.05, 3.63) is 57.3 Å². The molecule has 1 amide bonds. The molecule has 1 heterocycles. The molecule has 0 radical (unpaired) electrons. The van der Waals surface area contributed by atoms with Crippen LogP contribution in [0.4, 0.5) is 0 Å². The maximum Gasteiger partial charge on any atom is 0.271 e. The van der Waals surface area contributed by atoms with Gasteiger partial charge in [0, 0.05) is 10.4 Å². The first-order chi connectivity index (χ1) is 8.66. The first-order valence-corrected chi connectivity index (χ1v) is 6.49. The third kappa shape index (κ3) is 3.05. The quantitative estimate of drug-likeness (QED) is 0.667. The van der Waals surface area contributed by atoms with E-state index in [2.05, 4.69) is 10.5 Å². The Morgan fingerprint density at radius 2 is 2.17 bits per heavy atom. The molecular formula is C14H14N2OS. The normalized spacial score (nSPS) is 10.8. The van der Waals surface area contributed by atoms with Crippen LogP contribution in [0.5, 0.6) is 0 Å². The molecule has 3 nitrogen and oxygen atoms in total. The molecule has 1 N–H and O–H groups in total. The highest BCUT2D eigenvalue weighted by Crippen LogP contribution is 2.12. The van der Waals surface area contributed by atoms with Crippen LogP contribution in [0.15, 0.2) is 40.8 Å². The van der Waals surface area contributed by atoms with E-state index in [9.17, 15) is 4.79 Å². The van der Waals surface area contributed by atoms with E-state index in [1.165, 1.54) is 0 Å². The molecule has 2 rings (SSSR count). The van der Waals surface area contributed by atoms with Gasteiger partial charge in [0.05, 0.1) is 6.21 Å². The number of nitrogens with one attached hydrogen (secondary N) is 1. The second-order valence-corrected chi connectivity index (χ2v) is 4.98. The van der Waals surface area contributed by atoms with E-state index < -0.39 is 0 Å². The first-order valence-electron chi connectivity index (χ1n) is 5.61. The van der Waals surface area contributed by atoms with Gasteiger partial charge >= 0.3 is 0 Å². The second kappa shape index (κ2) is 5.60. The van der Waals surface area contributed by atoms with Crippen LogP contribution in [0.2, 0.25) is 0 Å². The van der Waals surface area contributed by atoms with Gasteiger partial charge in [-0.15, -0.1) is 11.3 Å². The number of thiophene rings is 1. The van der Waals surface area contributed by atoms with Crippen LogP contribution in [0.3, 0.4) is 0 Å². The summed E-state index contributed by atoms with van der Waals surface area (Å²) in [7, 11) is 0. The molecule has 0 saturated carbocycles. The number of benzene rings is 1. The monoisotopic (exact) mass is 258 g/mol. The average molecular weight is 258 g/mol. The molecule has 4 heteroatoms. The van der Waals surface area contributed by atoms with Crippen molar-refractivity contribution in [2.75, 3.05) is 0 Å². The minimum absolute atomic E-state index is 0.191. The van der Waals surface area contributed by atoms with Gasteiger partial charge < -0.3 is 0 Å². The molecule has 0 spiro atoms. The first kappa shape index (κ1) is 12.5. The van der Waals surface area contributed by atoms with Crippen LogP contribution in [0.25, 0.3) is 0 Å². The molecule has 2 aromatic rings. The number of hydrogen-bond donors (Lipinski definition) is 1. The molecule has 0 fully saturated rings. The minimum Gasteiger partial charge on any atom is -0.267 e. The van der Waals surface area contributed by atoms with Gasteiger partial charge in [-0.2, -0.15) is 5.10 Å². The lowest BCUT2D eigenvalue weighted by molar-refractivity contribution is 0.0955. The van der Waals surface area contributed by atoms with Crippen molar-refractivity contribution in [3.8, 4) is 0 Å². The maximum absolute atomic E-state index is 11.8.